The van der Waals surface area contributed by atoms with Gasteiger partial charge in [-0.05, 0) is 25.1 Å². The van der Waals surface area contributed by atoms with Crippen molar-refractivity contribution in [3.05, 3.63) is 42.7 Å². The largest absolute Gasteiger partial charge is 0.492 e. The van der Waals surface area contributed by atoms with Gasteiger partial charge in [-0.25, -0.2) is 0 Å². The number of aromatic nitrogens is 1. The molecule has 1 aromatic heterocycles. The molecular formula is C14H17N3O. The van der Waals surface area contributed by atoms with Gasteiger partial charge in [0.1, 0.15) is 5.75 Å². The highest BCUT2D eigenvalue weighted by molar-refractivity contribution is 5.67. The molecule has 0 fully saturated rings. The predicted molar refractivity (Wildman–Crippen MR) is 74.7 cm³/mol. The number of para-hydroxylation sites is 2. The van der Waals surface area contributed by atoms with E-state index in [1.54, 1.807) is 12.4 Å². The average Bonchev–Trinajstić information content (AvgIpc) is 2.41. The first kappa shape index (κ1) is 12.2. The Hall–Kier alpha value is -2.23. The summed E-state index contributed by atoms with van der Waals surface area (Å²) in [6, 6.07) is 9.85. The molecule has 1 heterocycles. The van der Waals surface area contributed by atoms with E-state index in [-0.39, 0.29) is 0 Å². The Morgan fingerprint density at radius 3 is 2.72 bits per heavy atom. The van der Waals surface area contributed by atoms with Crippen molar-refractivity contribution < 1.29 is 4.74 Å². The number of ether oxygens (including phenoxy) is 1. The maximum atomic E-state index is 5.57. The van der Waals surface area contributed by atoms with Crippen LogP contribution in [0.4, 0.5) is 17.1 Å². The van der Waals surface area contributed by atoms with Crippen LogP contribution in [0.1, 0.15) is 6.92 Å². The lowest BCUT2D eigenvalue weighted by molar-refractivity contribution is 0.342. The third kappa shape index (κ3) is 2.91. The molecule has 2 N–H and O–H groups in total. The van der Waals surface area contributed by atoms with Gasteiger partial charge in [0.05, 0.1) is 36.1 Å². The molecule has 0 saturated carbocycles. The van der Waals surface area contributed by atoms with Crippen molar-refractivity contribution in [3.8, 4) is 5.75 Å². The van der Waals surface area contributed by atoms with Gasteiger partial charge in [-0.2, -0.15) is 0 Å². The number of pyridine rings is 1. The monoisotopic (exact) mass is 243 g/mol. The zero-order chi connectivity index (χ0) is 12.8. The van der Waals surface area contributed by atoms with Crippen LogP contribution in [0.15, 0.2) is 42.7 Å². The van der Waals surface area contributed by atoms with Crippen molar-refractivity contribution in [2.75, 3.05) is 24.3 Å². The lowest BCUT2D eigenvalue weighted by atomic mass is 10.2. The molecule has 18 heavy (non-hydrogen) atoms. The summed E-state index contributed by atoms with van der Waals surface area (Å²) in [6.45, 7) is 2.62. The third-order valence-electron chi connectivity index (χ3n) is 2.49. The minimum absolute atomic E-state index is 0.646. The van der Waals surface area contributed by atoms with Crippen LogP contribution in [0.5, 0.6) is 5.75 Å². The highest BCUT2D eigenvalue weighted by atomic mass is 16.5. The fraction of sp³-hybridized carbons (Fsp3) is 0.214. The molecule has 0 radical (unpaired) electrons. The van der Waals surface area contributed by atoms with Crippen molar-refractivity contribution in [1.29, 1.82) is 0 Å². The molecule has 0 aliphatic carbocycles. The van der Waals surface area contributed by atoms with E-state index < -0.39 is 0 Å². The van der Waals surface area contributed by atoms with E-state index in [4.69, 9.17) is 4.74 Å². The van der Waals surface area contributed by atoms with Gasteiger partial charge in [-0.15, -0.1) is 0 Å². The maximum Gasteiger partial charge on any atom is 0.142 e. The number of hydrogen-bond acceptors (Lipinski definition) is 4. The van der Waals surface area contributed by atoms with Crippen LogP contribution >= 0.6 is 0 Å². The molecule has 2 rings (SSSR count). The highest BCUT2D eigenvalue weighted by Crippen LogP contribution is 2.27. The summed E-state index contributed by atoms with van der Waals surface area (Å²) in [5.41, 5.74) is 2.83. The lowest BCUT2D eigenvalue weighted by Gasteiger charge is -2.12. The van der Waals surface area contributed by atoms with Gasteiger partial charge in [0.15, 0.2) is 0 Å². The van der Waals surface area contributed by atoms with Crippen molar-refractivity contribution in [1.82, 2.24) is 4.98 Å². The summed E-state index contributed by atoms with van der Waals surface area (Å²) in [4.78, 5) is 4.16. The highest BCUT2D eigenvalue weighted by Gasteiger charge is 2.03. The SMILES string of the molecule is CCOc1ccccc1Nc1cncc(NC)c1. The second kappa shape index (κ2) is 5.91. The Bertz CT molecular complexity index is 514. The van der Waals surface area contributed by atoms with E-state index in [2.05, 4.69) is 15.6 Å². The summed E-state index contributed by atoms with van der Waals surface area (Å²) in [7, 11) is 1.87. The first-order chi connectivity index (χ1) is 8.83. The predicted octanol–water partition coefficient (Wildman–Crippen LogP) is 3.27. The number of nitrogens with one attached hydrogen (secondary N) is 2. The van der Waals surface area contributed by atoms with Crippen LogP contribution in [-0.2, 0) is 0 Å². The molecule has 0 bridgehead atoms. The molecule has 0 spiro atoms. The van der Waals surface area contributed by atoms with Crippen molar-refractivity contribution in [3.63, 3.8) is 0 Å². The molecule has 0 saturated heterocycles. The molecule has 4 nitrogen and oxygen atoms in total. The minimum Gasteiger partial charge on any atom is -0.492 e. The molecule has 94 valence electrons. The maximum absolute atomic E-state index is 5.57. The Balaban J connectivity index is 2.22. The van der Waals surface area contributed by atoms with Crippen LogP contribution in [0.3, 0.4) is 0 Å². The van der Waals surface area contributed by atoms with E-state index in [1.807, 2.05) is 44.3 Å². The van der Waals surface area contributed by atoms with Crippen LogP contribution in [-0.4, -0.2) is 18.6 Å². The Morgan fingerprint density at radius 1 is 1.17 bits per heavy atom. The minimum atomic E-state index is 0.646. The van der Waals surface area contributed by atoms with Gasteiger partial charge in [-0.1, -0.05) is 12.1 Å². The third-order valence-corrected chi connectivity index (χ3v) is 2.49. The standard InChI is InChI=1S/C14H17N3O/c1-3-18-14-7-5-4-6-13(14)17-12-8-11(15-2)9-16-10-12/h4-10,15,17H,3H2,1-2H3. The number of anilines is 3. The fourth-order valence-corrected chi connectivity index (χ4v) is 1.65. The number of benzene rings is 1. The molecule has 2 aromatic rings. The van der Waals surface area contributed by atoms with Gasteiger partial charge in [0.2, 0.25) is 0 Å². The second-order valence-electron chi connectivity index (χ2n) is 3.77. The Labute approximate surface area is 107 Å². The lowest BCUT2D eigenvalue weighted by Crippen LogP contribution is -1.98. The quantitative estimate of drug-likeness (QED) is 0.846. The molecule has 0 atom stereocenters. The normalized spacial score (nSPS) is 9.89. The van der Waals surface area contributed by atoms with Gasteiger partial charge in [-0.3, -0.25) is 4.98 Å². The van der Waals surface area contributed by atoms with Gasteiger partial charge < -0.3 is 15.4 Å². The summed E-state index contributed by atoms with van der Waals surface area (Å²) < 4.78 is 5.57. The van der Waals surface area contributed by atoms with E-state index in [1.165, 1.54) is 0 Å². The first-order valence-corrected chi connectivity index (χ1v) is 5.95. The average molecular weight is 243 g/mol. The Kier molecular flexibility index (Phi) is 4.02. The summed E-state index contributed by atoms with van der Waals surface area (Å²) in [5.74, 6) is 0.842. The second-order valence-corrected chi connectivity index (χ2v) is 3.77. The van der Waals surface area contributed by atoms with Crippen molar-refractivity contribution in [2.24, 2.45) is 0 Å². The summed E-state index contributed by atoms with van der Waals surface area (Å²) >= 11 is 0. The van der Waals surface area contributed by atoms with E-state index in [9.17, 15) is 0 Å². The van der Waals surface area contributed by atoms with Crippen LogP contribution in [0, 0.1) is 0 Å². The number of nitrogens with zero attached hydrogens (tertiary/aromatic N) is 1. The van der Waals surface area contributed by atoms with Crippen LogP contribution in [0.2, 0.25) is 0 Å². The van der Waals surface area contributed by atoms with Crippen LogP contribution in [0.25, 0.3) is 0 Å². The van der Waals surface area contributed by atoms with Crippen LogP contribution < -0.4 is 15.4 Å². The van der Waals surface area contributed by atoms with E-state index in [0.717, 1.165) is 22.8 Å². The van der Waals surface area contributed by atoms with Gasteiger partial charge >= 0.3 is 0 Å². The molecular weight excluding hydrogens is 226 g/mol. The van der Waals surface area contributed by atoms with E-state index >= 15 is 0 Å². The van der Waals surface area contributed by atoms with E-state index in [0.29, 0.717) is 6.61 Å². The molecule has 4 heteroatoms. The van der Waals surface area contributed by atoms with Gasteiger partial charge in [0, 0.05) is 7.05 Å². The number of hydrogen-bond donors (Lipinski definition) is 2. The first-order valence-electron chi connectivity index (χ1n) is 5.95. The fourth-order valence-electron chi connectivity index (χ4n) is 1.65. The topological polar surface area (TPSA) is 46.2 Å². The molecule has 0 amide bonds. The van der Waals surface area contributed by atoms with Crippen molar-refractivity contribution in [2.45, 2.75) is 6.92 Å². The molecule has 1 aromatic carbocycles. The summed E-state index contributed by atoms with van der Waals surface area (Å²) in [6.07, 6.45) is 3.56. The smallest absolute Gasteiger partial charge is 0.142 e. The Morgan fingerprint density at radius 2 is 1.94 bits per heavy atom. The molecule has 0 aliphatic heterocycles. The molecule has 0 unspecified atom stereocenters. The van der Waals surface area contributed by atoms with Crippen molar-refractivity contribution >= 4 is 17.1 Å². The van der Waals surface area contributed by atoms with Gasteiger partial charge in [0.25, 0.3) is 0 Å². The zero-order valence-electron chi connectivity index (χ0n) is 10.6. The number of rotatable bonds is 5. The zero-order valence-corrected chi connectivity index (χ0v) is 10.6. The molecule has 0 aliphatic rings. The summed E-state index contributed by atoms with van der Waals surface area (Å²) in [5, 5.41) is 6.36.